The van der Waals surface area contributed by atoms with Crippen molar-refractivity contribution in [1.82, 2.24) is 29.3 Å². The summed E-state index contributed by atoms with van der Waals surface area (Å²) in [7, 11) is 0. The van der Waals surface area contributed by atoms with Gasteiger partial charge in [-0.3, -0.25) is 9.59 Å². The smallest absolute Gasteiger partial charge is 0.259 e. The molecule has 10 nitrogen and oxygen atoms in total. The molecular weight excluding hydrogens is 524 g/mol. The van der Waals surface area contributed by atoms with Gasteiger partial charge in [-0.05, 0) is 55.3 Å². The Morgan fingerprint density at radius 2 is 2.00 bits per heavy atom. The Hall–Kier alpha value is -4.64. The zero-order valence-electron chi connectivity index (χ0n) is 22.0. The summed E-state index contributed by atoms with van der Waals surface area (Å²) in [5.74, 6) is 0.165. The van der Waals surface area contributed by atoms with Crippen molar-refractivity contribution in [3.63, 3.8) is 0 Å². The largest absolute Gasteiger partial charge is 0.383 e. The van der Waals surface area contributed by atoms with Crippen LogP contribution < -0.4 is 16.6 Å². The number of nitrogens with two attached hydrogens (primary N) is 1. The molecule has 1 saturated carbocycles. The lowest BCUT2D eigenvalue weighted by Gasteiger charge is -2.30. The summed E-state index contributed by atoms with van der Waals surface area (Å²) in [6.07, 6.45) is 4.53. The van der Waals surface area contributed by atoms with Crippen LogP contribution in [0.3, 0.4) is 0 Å². The molecule has 2 aromatic carbocycles. The average molecular weight is 551 g/mol. The minimum Gasteiger partial charge on any atom is -0.383 e. The van der Waals surface area contributed by atoms with E-state index >= 15 is 0 Å². The molecule has 0 spiro atoms. The maximum absolute atomic E-state index is 13.8. The van der Waals surface area contributed by atoms with Gasteiger partial charge in [0.05, 0.1) is 27.5 Å². The fraction of sp³-hybridized carbons (Fsp3) is 0.241. The minimum absolute atomic E-state index is 0.0479. The summed E-state index contributed by atoms with van der Waals surface area (Å²) in [6, 6.07) is 14.1. The third-order valence-electron chi connectivity index (χ3n) is 7.62. The Balaban J connectivity index is 1.38. The van der Waals surface area contributed by atoms with Gasteiger partial charge < -0.3 is 15.6 Å². The number of nitrogen functional groups attached to an aromatic ring is 1. The topological polar surface area (TPSA) is 134 Å². The highest BCUT2D eigenvalue weighted by Crippen LogP contribution is 2.36. The van der Waals surface area contributed by atoms with Crippen molar-refractivity contribution in [2.24, 2.45) is 0 Å². The highest BCUT2D eigenvalue weighted by atomic mass is 32.1. The Morgan fingerprint density at radius 1 is 1.15 bits per heavy atom. The Morgan fingerprint density at radius 3 is 2.77 bits per heavy atom. The molecule has 40 heavy (non-hydrogen) atoms. The van der Waals surface area contributed by atoms with Crippen molar-refractivity contribution in [2.45, 2.75) is 45.7 Å². The highest BCUT2D eigenvalue weighted by Gasteiger charge is 2.26. The zero-order chi connectivity index (χ0) is 27.5. The van der Waals surface area contributed by atoms with Crippen molar-refractivity contribution < 1.29 is 4.79 Å². The van der Waals surface area contributed by atoms with Gasteiger partial charge in [-0.25, -0.2) is 19.6 Å². The van der Waals surface area contributed by atoms with E-state index in [1.54, 1.807) is 0 Å². The molecule has 0 unspecified atom stereocenters. The lowest BCUT2D eigenvalue weighted by Crippen LogP contribution is -2.32. The molecule has 1 amide bonds. The van der Waals surface area contributed by atoms with Crippen LogP contribution in [0.15, 0.2) is 53.6 Å². The van der Waals surface area contributed by atoms with Crippen molar-refractivity contribution in [3.8, 4) is 11.3 Å². The maximum Gasteiger partial charge on any atom is 0.259 e. The predicted molar refractivity (Wildman–Crippen MR) is 158 cm³/mol. The molecule has 7 rings (SSSR count). The minimum atomic E-state index is -0.168. The second-order valence-electron chi connectivity index (χ2n) is 10.3. The van der Waals surface area contributed by atoms with E-state index in [0.717, 1.165) is 57.1 Å². The Labute approximate surface area is 232 Å². The second kappa shape index (κ2) is 9.23. The molecule has 0 atom stereocenters. The molecule has 11 heteroatoms. The summed E-state index contributed by atoms with van der Waals surface area (Å²) in [6.45, 7) is 3.80. The van der Waals surface area contributed by atoms with Crippen molar-refractivity contribution in [1.29, 1.82) is 0 Å². The summed E-state index contributed by atoms with van der Waals surface area (Å²) in [4.78, 5) is 38.6. The number of aromatic nitrogens is 6. The normalized spacial score (nSPS) is 13.8. The van der Waals surface area contributed by atoms with Gasteiger partial charge in [0.15, 0.2) is 10.8 Å². The van der Waals surface area contributed by atoms with Gasteiger partial charge in [0.2, 0.25) is 5.91 Å². The van der Waals surface area contributed by atoms with Crippen molar-refractivity contribution in [2.75, 3.05) is 11.1 Å². The van der Waals surface area contributed by atoms with Gasteiger partial charge in [0.25, 0.3) is 5.56 Å². The van der Waals surface area contributed by atoms with E-state index in [2.05, 4.69) is 26.3 Å². The third-order valence-corrected chi connectivity index (χ3v) is 8.56. The van der Waals surface area contributed by atoms with Gasteiger partial charge in [-0.1, -0.05) is 35.6 Å². The standard InChI is InChI=1S/C29H26N8O2S/c1-15-5-3-6-17-11-20(37(19-7-4-8-19)28(39)23(15)17)13-36-27-24(26(30)31-14-32-27)25(35-36)18-9-10-21-22(12-18)40-29(34-21)33-16(2)38/h3,5-6,9-12,14,19H,4,7-8,13H2,1-2H3,(H2,30,31,32)(H,33,34,38). The average Bonchev–Trinajstić information content (AvgIpc) is 3.45. The summed E-state index contributed by atoms with van der Waals surface area (Å²) in [5, 5.41) is 10.6. The number of carbonyl (C=O) groups is 1. The maximum atomic E-state index is 13.8. The fourth-order valence-electron chi connectivity index (χ4n) is 5.54. The van der Waals surface area contributed by atoms with E-state index in [1.807, 2.05) is 52.6 Å². The van der Waals surface area contributed by atoms with Crippen LogP contribution >= 0.6 is 11.3 Å². The molecule has 1 aliphatic carbocycles. The number of benzene rings is 2. The first kappa shape index (κ1) is 24.4. The van der Waals surface area contributed by atoms with Crippen molar-refractivity contribution >= 4 is 60.2 Å². The molecule has 4 heterocycles. The van der Waals surface area contributed by atoms with Crippen LogP contribution in [-0.4, -0.2) is 35.2 Å². The van der Waals surface area contributed by atoms with Crippen LogP contribution in [0.1, 0.15) is 43.5 Å². The van der Waals surface area contributed by atoms with E-state index in [-0.39, 0.29) is 17.5 Å². The number of amides is 1. The first-order valence-corrected chi connectivity index (χ1v) is 14.0. The number of aryl methyl sites for hydroxylation is 1. The van der Waals surface area contributed by atoms with Gasteiger partial charge in [0, 0.05) is 24.2 Å². The van der Waals surface area contributed by atoms with E-state index < -0.39 is 0 Å². The van der Waals surface area contributed by atoms with Crippen LogP contribution in [0.4, 0.5) is 10.9 Å². The molecule has 3 N–H and O–H groups in total. The molecule has 0 saturated heterocycles. The lowest BCUT2D eigenvalue weighted by atomic mass is 9.91. The quantitative estimate of drug-likeness (QED) is 0.307. The van der Waals surface area contributed by atoms with Gasteiger partial charge >= 0.3 is 0 Å². The predicted octanol–water partition coefficient (Wildman–Crippen LogP) is 5.04. The van der Waals surface area contributed by atoms with E-state index in [1.165, 1.54) is 24.6 Å². The molecule has 6 aromatic rings. The number of carbonyl (C=O) groups excluding carboxylic acids is 1. The number of hydrogen-bond acceptors (Lipinski definition) is 8. The number of thiazole rings is 1. The van der Waals surface area contributed by atoms with Gasteiger partial charge in [0.1, 0.15) is 17.8 Å². The van der Waals surface area contributed by atoms with E-state index in [9.17, 15) is 9.59 Å². The van der Waals surface area contributed by atoms with Crippen LogP contribution in [-0.2, 0) is 11.3 Å². The van der Waals surface area contributed by atoms with Crippen LogP contribution in [0.25, 0.3) is 43.3 Å². The number of nitrogens with one attached hydrogen (secondary N) is 1. The summed E-state index contributed by atoms with van der Waals surface area (Å²) >= 11 is 1.39. The SMILES string of the molecule is CC(=O)Nc1nc2ccc(-c3nn(Cc4cc5cccc(C)c5c(=O)n4C4CCC4)c4ncnc(N)c34)cc2s1. The molecule has 0 bridgehead atoms. The monoisotopic (exact) mass is 550 g/mol. The molecule has 200 valence electrons. The van der Waals surface area contributed by atoms with E-state index in [4.69, 9.17) is 10.8 Å². The van der Waals surface area contributed by atoms with Crippen LogP contribution in [0.5, 0.6) is 0 Å². The molecule has 4 aromatic heterocycles. The Bertz CT molecular complexity index is 2040. The molecule has 1 aliphatic rings. The number of rotatable bonds is 5. The van der Waals surface area contributed by atoms with E-state index in [0.29, 0.717) is 34.2 Å². The Kier molecular flexibility index (Phi) is 5.63. The summed E-state index contributed by atoms with van der Waals surface area (Å²) in [5.41, 5.74) is 11.2. The molecule has 0 radical (unpaired) electrons. The highest BCUT2D eigenvalue weighted by molar-refractivity contribution is 7.22. The summed E-state index contributed by atoms with van der Waals surface area (Å²) < 4.78 is 4.68. The van der Waals surface area contributed by atoms with Crippen LogP contribution in [0.2, 0.25) is 0 Å². The second-order valence-corrected chi connectivity index (χ2v) is 11.3. The molecular formula is C29H26N8O2S. The third kappa shape index (κ3) is 3.92. The number of hydrogen-bond donors (Lipinski definition) is 2. The number of nitrogens with zero attached hydrogens (tertiary/aromatic N) is 6. The molecule has 0 aliphatic heterocycles. The van der Waals surface area contributed by atoms with Crippen molar-refractivity contribution in [3.05, 3.63) is 70.4 Å². The fourth-order valence-corrected chi connectivity index (χ4v) is 6.49. The number of pyridine rings is 1. The first-order chi connectivity index (χ1) is 19.4. The van der Waals surface area contributed by atoms with Crippen LogP contribution in [0, 0.1) is 6.92 Å². The zero-order valence-corrected chi connectivity index (χ0v) is 22.8. The number of anilines is 2. The van der Waals surface area contributed by atoms with Gasteiger partial charge in [-0.15, -0.1) is 0 Å². The lowest BCUT2D eigenvalue weighted by molar-refractivity contribution is -0.114. The molecule has 1 fully saturated rings. The van der Waals surface area contributed by atoms with Gasteiger partial charge in [-0.2, -0.15) is 5.10 Å². The first-order valence-electron chi connectivity index (χ1n) is 13.2. The number of fused-ring (bicyclic) bond motifs is 3.